The molecule has 1 aliphatic heterocycles. The van der Waals surface area contributed by atoms with E-state index in [1.165, 1.54) is 6.07 Å². The molecule has 27 heavy (non-hydrogen) atoms. The van der Waals surface area contributed by atoms with Crippen LogP contribution in [-0.4, -0.2) is 16.7 Å². The molecule has 0 saturated carbocycles. The van der Waals surface area contributed by atoms with E-state index in [2.05, 4.69) is 9.97 Å². The fraction of sp³-hybridized carbons (Fsp3) is 0.0952. The van der Waals surface area contributed by atoms with Gasteiger partial charge in [-0.3, -0.25) is 0 Å². The van der Waals surface area contributed by atoms with E-state index in [0.717, 1.165) is 22.1 Å². The average Bonchev–Trinajstić information content (AvgIpc) is 2.74. The van der Waals surface area contributed by atoms with Crippen LogP contribution in [0.1, 0.15) is 5.56 Å². The maximum atomic E-state index is 12.3. The molecule has 0 atom stereocenters. The maximum absolute atomic E-state index is 12.3. The van der Waals surface area contributed by atoms with Crippen molar-refractivity contribution >= 4 is 16.9 Å². The summed E-state index contributed by atoms with van der Waals surface area (Å²) in [5, 5.41) is 0.874. The van der Waals surface area contributed by atoms with Crippen molar-refractivity contribution in [3.05, 3.63) is 83.0 Å². The summed E-state index contributed by atoms with van der Waals surface area (Å²) in [5.41, 5.74) is 2.79. The number of nitrogens with zero attached hydrogens (tertiary/aromatic N) is 3. The quantitative estimate of drug-likeness (QED) is 0.511. The molecule has 0 saturated heterocycles. The first-order valence-electron chi connectivity index (χ1n) is 8.59. The number of ether oxygens (including phenoxy) is 1. The third-order valence-corrected chi connectivity index (χ3v) is 4.62. The van der Waals surface area contributed by atoms with Gasteiger partial charge in [0.25, 0.3) is 0 Å². The van der Waals surface area contributed by atoms with Crippen LogP contribution in [0.3, 0.4) is 0 Å². The smallest absolute Gasteiger partial charge is 0.336 e. The van der Waals surface area contributed by atoms with Gasteiger partial charge in [-0.15, -0.1) is 0 Å². The number of benzene rings is 2. The van der Waals surface area contributed by atoms with Gasteiger partial charge in [-0.2, -0.15) is 0 Å². The van der Waals surface area contributed by atoms with Gasteiger partial charge in [-0.05, 0) is 29.3 Å². The Morgan fingerprint density at radius 3 is 2.59 bits per heavy atom. The molecule has 0 bridgehead atoms. The van der Waals surface area contributed by atoms with Crippen molar-refractivity contribution in [2.24, 2.45) is 0 Å². The molecule has 4 aromatic rings. The fourth-order valence-electron chi connectivity index (χ4n) is 3.37. The second-order valence-corrected chi connectivity index (χ2v) is 6.28. The largest absolute Gasteiger partial charge is 0.473 e. The first-order valence-corrected chi connectivity index (χ1v) is 8.59. The maximum Gasteiger partial charge on any atom is 0.336 e. The Kier molecular flexibility index (Phi) is 3.60. The zero-order chi connectivity index (χ0) is 18.2. The van der Waals surface area contributed by atoms with Crippen LogP contribution < -0.4 is 15.3 Å². The molecule has 6 heteroatoms. The predicted molar refractivity (Wildman–Crippen MR) is 102 cm³/mol. The molecule has 0 aliphatic carbocycles. The fourth-order valence-corrected chi connectivity index (χ4v) is 3.37. The topological polar surface area (TPSA) is 68.5 Å². The summed E-state index contributed by atoms with van der Waals surface area (Å²) in [6.07, 6.45) is 3.38. The average molecular weight is 357 g/mol. The summed E-state index contributed by atoms with van der Waals surface area (Å²) in [4.78, 5) is 22.7. The summed E-state index contributed by atoms with van der Waals surface area (Å²) < 4.78 is 11.5. The summed E-state index contributed by atoms with van der Waals surface area (Å²) in [7, 11) is 0. The monoisotopic (exact) mass is 357 g/mol. The number of fused-ring (bicyclic) bond motifs is 3. The van der Waals surface area contributed by atoms with E-state index in [-0.39, 0.29) is 5.63 Å². The highest BCUT2D eigenvalue weighted by molar-refractivity contribution is 5.95. The lowest BCUT2D eigenvalue weighted by Gasteiger charge is -2.29. The van der Waals surface area contributed by atoms with Gasteiger partial charge in [-0.1, -0.05) is 30.3 Å². The highest BCUT2D eigenvalue weighted by Gasteiger charge is 2.24. The molecule has 5 rings (SSSR count). The van der Waals surface area contributed by atoms with Crippen LogP contribution in [0.15, 0.2) is 76.2 Å². The lowest BCUT2D eigenvalue weighted by Crippen LogP contribution is -2.33. The first kappa shape index (κ1) is 15.6. The third-order valence-electron chi connectivity index (χ3n) is 4.62. The van der Waals surface area contributed by atoms with Gasteiger partial charge in [0.15, 0.2) is 6.73 Å². The van der Waals surface area contributed by atoms with E-state index in [4.69, 9.17) is 9.15 Å². The Morgan fingerprint density at radius 1 is 0.963 bits per heavy atom. The highest BCUT2D eigenvalue weighted by Crippen LogP contribution is 2.36. The number of anilines is 1. The van der Waals surface area contributed by atoms with Gasteiger partial charge >= 0.3 is 5.63 Å². The number of aromatic nitrogens is 2. The van der Waals surface area contributed by atoms with E-state index >= 15 is 0 Å². The van der Waals surface area contributed by atoms with E-state index < -0.39 is 0 Å². The van der Waals surface area contributed by atoms with Gasteiger partial charge in [0, 0.05) is 23.8 Å². The minimum Gasteiger partial charge on any atom is -0.473 e. The first-order chi connectivity index (χ1) is 13.3. The Morgan fingerprint density at radius 2 is 1.78 bits per heavy atom. The Hall–Kier alpha value is -3.67. The Bertz CT molecular complexity index is 1170. The van der Waals surface area contributed by atoms with Gasteiger partial charge in [-0.25, -0.2) is 14.8 Å². The van der Waals surface area contributed by atoms with Crippen LogP contribution in [0.4, 0.5) is 5.95 Å². The SMILES string of the molecule is O=c1cc(-c2ccccc2)c2ccc3c(c2o1)CN(c1ncccn1)CO3. The zero-order valence-corrected chi connectivity index (χ0v) is 14.3. The molecule has 2 aromatic heterocycles. The lowest BCUT2D eigenvalue weighted by atomic mass is 9.99. The third kappa shape index (κ3) is 2.71. The number of hydrogen-bond donors (Lipinski definition) is 0. The van der Waals surface area contributed by atoms with Crippen LogP contribution in [0, 0.1) is 0 Å². The molecule has 6 nitrogen and oxygen atoms in total. The van der Waals surface area contributed by atoms with Gasteiger partial charge in [0.1, 0.15) is 11.3 Å². The number of rotatable bonds is 2. The van der Waals surface area contributed by atoms with Crippen molar-refractivity contribution in [1.82, 2.24) is 9.97 Å². The Balaban J connectivity index is 1.69. The molecule has 132 valence electrons. The molecule has 0 spiro atoms. The molecule has 3 heterocycles. The van der Waals surface area contributed by atoms with Gasteiger partial charge in [0.05, 0.1) is 12.1 Å². The van der Waals surface area contributed by atoms with Crippen LogP contribution in [0.2, 0.25) is 0 Å². The molecule has 0 unspecified atom stereocenters. The van der Waals surface area contributed by atoms with E-state index in [9.17, 15) is 4.79 Å². The highest BCUT2D eigenvalue weighted by atomic mass is 16.5. The van der Waals surface area contributed by atoms with Gasteiger partial charge in [0.2, 0.25) is 5.95 Å². The van der Waals surface area contributed by atoms with E-state index in [1.807, 2.05) is 47.4 Å². The Labute approximate surface area is 154 Å². The van der Waals surface area contributed by atoms with Gasteiger partial charge < -0.3 is 14.1 Å². The summed E-state index contributed by atoms with van der Waals surface area (Å²) in [6, 6.07) is 17.0. The van der Waals surface area contributed by atoms with Crippen molar-refractivity contribution in [2.75, 3.05) is 11.6 Å². The molecule has 2 aromatic carbocycles. The minimum atomic E-state index is -0.386. The molecule has 1 aliphatic rings. The van der Waals surface area contributed by atoms with Crippen LogP contribution >= 0.6 is 0 Å². The van der Waals surface area contributed by atoms with Crippen molar-refractivity contribution in [2.45, 2.75) is 6.54 Å². The summed E-state index contributed by atoms with van der Waals surface area (Å²) in [5.74, 6) is 1.28. The normalized spacial score (nSPS) is 13.3. The molecule has 0 fully saturated rings. The van der Waals surface area contributed by atoms with Crippen molar-refractivity contribution in [3.63, 3.8) is 0 Å². The van der Waals surface area contributed by atoms with Crippen molar-refractivity contribution in [1.29, 1.82) is 0 Å². The standard InChI is InChI=1S/C21H15N3O3/c25-19-11-16(14-5-2-1-3-6-14)15-7-8-18-17(20(15)27-19)12-24(13-26-18)21-22-9-4-10-23-21/h1-11H,12-13H2. The lowest BCUT2D eigenvalue weighted by molar-refractivity contribution is 0.286. The van der Waals surface area contributed by atoms with Crippen LogP contribution in [0.5, 0.6) is 5.75 Å². The predicted octanol–water partition coefficient (Wildman–Crippen LogP) is 3.61. The molecular formula is C21H15N3O3. The van der Waals surface area contributed by atoms with Crippen molar-refractivity contribution < 1.29 is 9.15 Å². The molecular weight excluding hydrogens is 342 g/mol. The van der Waals surface area contributed by atoms with E-state index in [1.54, 1.807) is 18.5 Å². The summed E-state index contributed by atoms with van der Waals surface area (Å²) >= 11 is 0. The molecule has 0 amide bonds. The van der Waals surface area contributed by atoms with Crippen molar-refractivity contribution in [3.8, 4) is 16.9 Å². The summed E-state index contributed by atoms with van der Waals surface area (Å²) in [6.45, 7) is 0.836. The molecule has 0 N–H and O–H groups in total. The van der Waals surface area contributed by atoms with E-state index in [0.29, 0.717) is 30.6 Å². The van der Waals surface area contributed by atoms with Crippen LogP contribution in [-0.2, 0) is 6.54 Å². The second kappa shape index (κ2) is 6.25. The molecule has 0 radical (unpaired) electrons. The number of hydrogen-bond acceptors (Lipinski definition) is 6. The second-order valence-electron chi connectivity index (χ2n) is 6.28. The minimum absolute atomic E-state index is 0.338. The van der Waals surface area contributed by atoms with Crippen LogP contribution in [0.25, 0.3) is 22.1 Å². The zero-order valence-electron chi connectivity index (χ0n) is 14.3.